The normalized spacial score (nSPS) is 15.3. The highest BCUT2D eigenvalue weighted by Gasteiger charge is 2.22. The Hall–Kier alpha value is -1.71. The van der Waals surface area contributed by atoms with Gasteiger partial charge in [-0.05, 0) is 31.9 Å². The van der Waals surface area contributed by atoms with E-state index in [0.717, 1.165) is 31.4 Å². The third kappa shape index (κ3) is 3.40. The van der Waals surface area contributed by atoms with Crippen molar-refractivity contribution in [3.8, 4) is 11.5 Å². The van der Waals surface area contributed by atoms with Crippen molar-refractivity contribution in [1.82, 2.24) is 0 Å². The van der Waals surface area contributed by atoms with E-state index in [9.17, 15) is 4.79 Å². The number of amides is 1. The van der Waals surface area contributed by atoms with Crippen LogP contribution in [0.5, 0.6) is 11.5 Å². The van der Waals surface area contributed by atoms with Crippen LogP contribution in [0.25, 0.3) is 0 Å². The van der Waals surface area contributed by atoms with Gasteiger partial charge >= 0.3 is 0 Å². The predicted molar refractivity (Wildman–Crippen MR) is 74.8 cm³/mol. The van der Waals surface area contributed by atoms with Gasteiger partial charge in [-0.15, -0.1) is 0 Å². The number of carbonyl (C=O) groups excluding carboxylic acids is 1. The van der Waals surface area contributed by atoms with Gasteiger partial charge in [0.2, 0.25) is 5.91 Å². The van der Waals surface area contributed by atoms with Crippen LogP contribution >= 0.6 is 0 Å². The van der Waals surface area contributed by atoms with Crippen molar-refractivity contribution in [1.29, 1.82) is 0 Å². The second-order valence-electron chi connectivity index (χ2n) is 4.77. The zero-order chi connectivity index (χ0) is 13.7. The molecule has 1 saturated carbocycles. The lowest BCUT2D eigenvalue weighted by Gasteiger charge is -2.13. The standard InChI is InChI=1S/C15H21NO3/c1-3-19-13-9-8-12(10-14(13)18-2)16-15(17)11-6-4-5-7-11/h8-11H,3-7H2,1-2H3,(H,16,17). The minimum atomic E-state index is 0.115. The zero-order valence-corrected chi connectivity index (χ0v) is 11.6. The Kier molecular flexibility index (Phi) is 4.66. The maximum atomic E-state index is 12.0. The molecule has 104 valence electrons. The Balaban J connectivity index is 2.05. The van der Waals surface area contributed by atoms with E-state index in [1.807, 2.05) is 19.1 Å². The average Bonchev–Trinajstić information content (AvgIpc) is 2.94. The molecule has 0 aliphatic heterocycles. The highest BCUT2D eigenvalue weighted by atomic mass is 16.5. The van der Waals surface area contributed by atoms with Gasteiger partial charge in [0.15, 0.2) is 11.5 Å². The summed E-state index contributed by atoms with van der Waals surface area (Å²) >= 11 is 0. The second-order valence-corrected chi connectivity index (χ2v) is 4.77. The van der Waals surface area contributed by atoms with Crippen LogP contribution in [0.3, 0.4) is 0 Å². The van der Waals surface area contributed by atoms with E-state index in [-0.39, 0.29) is 11.8 Å². The molecule has 1 aliphatic carbocycles. The van der Waals surface area contributed by atoms with Crippen LogP contribution in [0.1, 0.15) is 32.6 Å². The number of ether oxygens (including phenoxy) is 2. The second kappa shape index (κ2) is 6.45. The molecule has 0 bridgehead atoms. The van der Waals surface area contributed by atoms with Gasteiger partial charge in [0, 0.05) is 17.7 Å². The lowest BCUT2D eigenvalue weighted by atomic mass is 10.1. The first kappa shape index (κ1) is 13.7. The number of nitrogens with one attached hydrogen (secondary N) is 1. The Morgan fingerprint density at radius 3 is 2.68 bits per heavy atom. The molecule has 0 atom stereocenters. The van der Waals surface area contributed by atoms with Crippen LogP contribution in [-0.2, 0) is 4.79 Å². The van der Waals surface area contributed by atoms with Crippen LogP contribution < -0.4 is 14.8 Å². The Bertz CT molecular complexity index is 439. The van der Waals surface area contributed by atoms with E-state index in [1.54, 1.807) is 13.2 Å². The molecule has 4 nitrogen and oxygen atoms in total. The van der Waals surface area contributed by atoms with Crippen LogP contribution in [0, 0.1) is 5.92 Å². The number of carbonyl (C=O) groups is 1. The Labute approximate surface area is 114 Å². The molecule has 0 spiro atoms. The van der Waals surface area contributed by atoms with Crippen molar-refractivity contribution in [2.75, 3.05) is 19.0 Å². The monoisotopic (exact) mass is 263 g/mol. The molecular formula is C15H21NO3. The smallest absolute Gasteiger partial charge is 0.227 e. The lowest BCUT2D eigenvalue weighted by Crippen LogP contribution is -2.20. The fourth-order valence-corrected chi connectivity index (χ4v) is 2.45. The topological polar surface area (TPSA) is 47.6 Å². The molecule has 1 aromatic rings. The van der Waals surface area contributed by atoms with Crippen molar-refractivity contribution in [2.45, 2.75) is 32.6 Å². The maximum Gasteiger partial charge on any atom is 0.227 e. The van der Waals surface area contributed by atoms with E-state index < -0.39 is 0 Å². The van der Waals surface area contributed by atoms with E-state index in [0.29, 0.717) is 18.1 Å². The Morgan fingerprint density at radius 1 is 1.32 bits per heavy atom. The van der Waals surface area contributed by atoms with Gasteiger partial charge in [-0.2, -0.15) is 0 Å². The van der Waals surface area contributed by atoms with Crippen LogP contribution in [-0.4, -0.2) is 19.6 Å². The fourth-order valence-electron chi connectivity index (χ4n) is 2.45. The molecule has 1 aliphatic rings. The molecule has 0 radical (unpaired) electrons. The van der Waals surface area contributed by atoms with Gasteiger partial charge in [-0.3, -0.25) is 4.79 Å². The van der Waals surface area contributed by atoms with Crippen molar-refractivity contribution in [2.24, 2.45) is 5.92 Å². The van der Waals surface area contributed by atoms with E-state index in [2.05, 4.69) is 5.32 Å². The molecule has 0 aromatic heterocycles. The largest absolute Gasteiger partial charge is 0.493 e. The van der Waals surface area contributed by atoms with Gasteiger partial charge in [0.05, 0.1) is 13.7 Å². The highest BCUT2D eigenvalue weighted by molar-refractivity contribution is 5.93. The van der Waals surface area contributed by atoms with Gasteiger partial charge in [-0.1, -0.05) is 12.8 Å². The summed E-state index contributed by atoms with van der Waals surface area (Å²) in [4.78, 5) is 12.0. The molecule has 0 unspecified atom stereocenters. The zero-order valence-electron chi connectivity index (χ0n) is 11.6. The molecular weight excluding hydrogens is 242 g/mol. The first-order valence-electron chi connectivity index (χ1n) is 6.86. The summed E-state index contributed by atoms with van der Waals surface area (Å²) < 4.78 is 10.7. The number of methoxy groups -OCH3 is 1. The fraction of sp³-hybridized carbons (Fsp3) is 0.533. The molecule has 1 N–H and O–H groups in total. The minimum absolute atomic E-state index is 0.115. The quantitative estimate of drug-likeness (QED) is 0.887. The average molecular weight is 263 g/mol. The van der Waals surface area contributed by atoms with E-state index in [1.165, 1.54) is 0 Å². The predicted octanol–water partition coefficient (Wildman–Crippen LogP) is 3.22. The van der Waals surface area contributed by atoms with Crippen molar-refractivity contribution in [3.63, 3.8) is 0 Å². The molecule has 2 rings (SSSR count). The van der Waals surface area contributed by atoms with Crippen LogP contribution in [0.15, 0.2) is 18.2 Å². The first-order chi connectivity index (χ1) is 9.24. The van der Waals surface area contributed by atoms with Gasteiger partial charge in [-0.25, -0.2) is 0 Å². The minimum Gasteiger partial charge on any atom is -0.493 e. The van der Waals surface area contributed by atoms with Crippen LogP contribution in [0.2, 0.25) is 0 Å². The van der Waals surface area contributed by atoms with E-state index in [4.69, 9.17) is 9.47 Å². The molecule has 4 heteroatoms. The summed E-state index contributed by atoms with van der Waals surface area (Å²) in [6.45, 7) is 2.51. The number of hydrogen-bond acceptors (Lipinski definition) is 3. The maximum absolute atomic E-state index is 12.0. The molecule has 1 fully saturated rings. The summed E-state index contributed by atoms with van der Waals surface area (Å²) in [5, 5.41) is 2.95. The van der Waals surface area contributed by atoms with Crippen molar-refractivity contribution in [3.05, 3.63) is 18.2 Å². The van der Waals surface area contributed by atoms with Crippen molar-refractivity contribution < 1.29 is 14.3 Å². The molecule has 19 heavy (non-hydrogen) atoms. The van der Waals surface area contributed by atoms with Crippen LogP contribution in [0.4, 0.5) is 5.69 Å². The molecule has 1 amide bonds. The van der Waals surface area contributed by atoms with Gasteiger partial charge in [0.25, 0.3) is 0 Å². The summed E-state index contributed by atoms with van der Waals surface area (Å²) in [6.07, 6.45) is 4.31. The first-order valence-corrected chi connectivity index (χ1v) is 6.86. The number of hydrogen-bond donors (Lipinski definition) is 1. The third-order valence-corrected chi connectivity index (χ3v) is 3.46. The summed E-state index contributed by atoms with van der Waals surface area (Å²) in [5.74, 6) is 1.62. The third-order valence-electron chi connectivity index (χ3n) is 3.46. The van der Waals surface area contributed by atoms with Gasteiger partial charge < -0.3 is 14.8 Å². The van der Waals surface area contributed by atoms with E-state index >= 15 is 0 Å². The van der Waals surface area contributed by atoms with Gasteiger partial charge in [0.1, 0.15) is 0 Å². The molecule has 0 saturated heterocycles. The molecule has 0 heterocycles. The summed E-state index contributed by atoms with van der Waals surface area (Å²) in [6, 6.07) is 5.48. The summed E-state index contributed by atoms with van der Waals surface area (Å²) in [5.41, 5.74) is 0.761. The lowest BCUT2D eigenvalue weighted by molar-refractivity contribution is -0.119. The number of benzene rings is 1. The highest BCUT2D eigenvalue weighted by Crippen LogP contribution is 2.31. The van der Waals surface area contributed by atoms with Crippen molar-refractivity contribution >= 4 is 11.6 Å². The summed E-state index contributed by atoms with van der Waals surface area (Å²) in [7, 11) is 1.60. The Morgan fingerprint density at radius 2 is 2.05 bits per heavy atom. The number of anilines is 1. The molecule has 1 aromatic carbocycles. The number of rotatable bonds is 5. The SMILES string of the molecule is CCOc1ccc(NC(=O)C2CCCC2)cc1OC.